The van der Waals surface area contributed by atoms with Crippen molar-refractivity contribution in [2.45, 2.75) is 19.8 Å². The lowest BCUT2D eigenvalue weighted by Crippen LogP contribution is -2.49. The standard InChI is InChI=1S/C16H20N4O3S/c1-11(9-14(22)23)8-13(21)19-3-5-20(6-4-19)15-12-2-7-24-16(12)18-10-17-15/h2,7,10-11H,3-6,8-9H2,1H3,(H,22,23). The third-order valence-electron chi connectivity index (χ3n) is 4.22. The fourth-order valence-electron chi connectivity index (χ4n) is 2.99. The highest BCUT2D eigenvalue weighted by Crippen LogP contribution is 2.27. The molecule has 0 saturated carbocycles. The van der Waals surface area contributed by atoms with Crippen molar-refractivity contribution >= 4 is 39.2 Å². The molecule has 2 aromatic rings. The number of aliphatic carboxylic acids is 1. The summed E-state index contributed by atoms with van der Waals surface area (Å²) in [5.41, 5.74) is 0. The summed E-state index contributed by atoms with van der Waals surface area (Å²) >= 11 is 1.59. The molecule has 3 heterocycles. The highest BCUT2D eigenvalue weighted by atomic mass is 32.1. The number of aromatic nitrogens is 2. The molecule has 2 aromatic heterocycles. The second-order valence-corrected chi connectivity index (χ2v) is 7.01. The van der Waals surface area contributed by atoms with Gasteiger partial charge in [-0.05, 0) is 17.4 Å². The van der Waals surface area contributed by atoms with Gasteiger partial charge < -0.3 is 14.9 Å². The summed E-state index contributed by atoms with van der Waals surface area (Å²) in [6, 6.07) is 2.03. The van der Waals surface area contributed by atoms with E-state index >= 15 is 0 Å². The molecule has 1 atom stereocenters. The van der Waals surface area contributed by atoms with E-state index in [1.807, 2.05) is 16.3 Å². The van der Waals surface area contributed by atoms with Crippen LogP contribution in [-0.4, -0.2) is 58.0 Å². The fourth-order valence-corrected chi connectivity index (χ4v) is 3.72. The van der Waals surface area contributed by atoms with Gasteiger partial charge >= 0.3 is 5.97 Å². The number of amides is 1. The van der Waals surface area contributed by atoms with Crippen LogP contribution in [0, 0.1) is 5.92 Å². The van der Waals surface area contributed by atoms with Gasteiger partial charge in [0.1, 0.15) is 17.0 Å². The molecule has 8 heteroatoms. The molecule has 1 aliphatic rings. The van der Waals surface area contributed by atoms with Crippen LogP contribution in [0.2, 0.25) is 0 Å². The third kappa shape index (κ3) is 3.64. The fraction of sp³-hybridized carbons (Fsp3) is 0.500. The second kappa shape index (κ2) is 7.12. The van der Waals surface area contributed by atoms with Crippen LogP contribution in [0.1, 0.15) is 19.8 Å². The van der Waals surface area contributed by atoms with E-state index < -0.39 is 5.97 Å². The predicted octanol–water partition coefficient (Wildman–Crippen LogP) is 1.84. The molecule has 3 rings (SSSR count). The summed E-state index contributed by atoms with van der Waals surface area (Å²) in [6.07, 6.45) is 1.90. The van der Waals surface area contributed by atoms with Crippen LogP contribution in [-0.2, 0) is 9.59 Å². The monoisotopic (exact) mass is 348 g/mol. The zero-order valence-corrected chi connectivity index (χ0v) is 14.3. The molecule has 1 aliphatic heterocycles. The van der Waals surface area contributed by atoms with Gasteiger partial charge in [-0.25, -0.2) is 9.97 Å². The Balaban J connectivity index is 1.59. The maximum absolute atomic E-state index is 12.3. The van der Waals surface area contributed by atoms with Crippen LogP contribution in [0.3, 0.4) is 0 Å². The second-order valence-electron chi connectivity index (χ2n) is 6.11. The van der Waals surface area contributed by atoms with E-state index in [0.29, 0.717) is 13.1 Å². The molecule has 0 spiro atoms. The maximum Gasteiger partial charge on any atom is 0.303 e. The SMILES string of the molecule is CC(CC(=O)O)CC(=O)N1CCN(c2ncnc3sccc23)CC1. The first-order valence-corrected chi connectivity index (χ1v) is 8.85. The van der Waals surface area contributed by atoms with Gasteiger partial charge in [0.15, 0.2) is 0 Å². The van der Waals surface area contributed by atoms with Crippen molar-refractivity contribution in [1.82, 2.24) is 14.9 Å². The van der Waals surface area contributed by atoms with Crippen molar-refractivity contribution in [3.05, 3.63) is 17.8 Å². The quantitative estimate of drug-likeness (QED) is 0.887. The van der Waals surface area contributed by atoms with E-state index in [1.165, 1.54) is 0 Å². The molecule has 1 amide bonds. The van der Waals surface area contributed by atoms with Crippen molar-refractivity contribution in [2.75, 3.05) is 31.1 Å². The predicted molar refractivity (Wildman–Crippen MR) is 92.2 cm³/mol. The number of nitrogens with zero attached hydrogens (tertiary/aromatic N) is 4. The number of carbonyl (C=O) groups is 2. The summed E-state index contributed by atoms with van der Waals surface area (Å²) < 4.78 is 0. The molecule has 7 nitrogen and oxygen atoms in total. The lowest BCUT2D eigenvalue weighted by Gasteiger charge is -2.36. The Bertz CT molecular complexity index is 740. The molecular formula is C16H20N4O3S. The minimum Gasteiger partial charge on any atom is -0.481 e. The van der Waals surface area contributed by atoms with Gasteiger partial charge in [0.05, 0.1) is 5.39 Å². The van der Waals surface area contributed by atoms with Crippen LogP contribution in [0.5, 0.6) is 0 Å². The minimum absolute atomic E-state index is 0.0305. The van der Waals surface area contributed by atoms with Gasteiger partial charge in [-0.15, -0.1) is 11.3 Å². The first-order chi connectivity index (χ1) is 11.5. The lowest BCUT2D eigenvalue weighted by atomic mass is 10.0. The van der Waals surface area contributed by atoms with Crippen molar-refractivity contribution < 1.29 is 14.7 Å². The molecule has 0 aromatic carbocycles. The molecule has 0 bridgehead atoms. The van der Waals surface area contributed by atoms with Crippen LogP contribution < -0.4 is 4.90 Å². The first kappa shape index (κ1) is 16.6. The topological polar surface area (TPSA) is 86.6 Å². The molecule has 1 fully saturated rings. The normalized spacial score (nSPS) is 16.4. The molecule has 128 valence electrons. The Morgan fingerprint density at radius 2 is 2.00 bits per heavy atom. The number of thiophene rings is 1. The van der Waals surface area contributed by atoms with Gasteiger partial charge in [-0.2, -0.15) is 0 Å². The number of anilines is 1. The number of piperazine rings is 1. The van der Waals surface area contributed by atoms with Crippen LogP contribution >= 0.6 is 11.3 Å². The number of hydrogen-bond donors (Lipinski definition) is 1. The van der Waals surface area contributed by atoms with E-state index in [9.17, 15) is 9.59 Å². The van der Waals surface area contributed by atoms with Crippen molar-refractivity contribution in [1.29, 1.82) is 0 Å². The summed E-state index contributed by atoms with van der Waals surface area (Å²) in [5.74, 6) is -0.0386. The minimum atomic E-state index is -0.858. The third-order valence-corrected chi connectivity index (χ3v) is 5.04. The largest absolute Gasteiger partial charge is 0.481 e. The molecule has 24 heavy (non-hydrogen) atoms. The smallest absolute Gasteiger partial charge is 0.303 e. The number of hydrogen-bond acceptors (Lipinski definition) is 6. The van der Waals surface area contributed by atoms with Gasteiger partial charge in [0.25, 0.3) is 0 Å². The number of carboxylic acid groups (broad SMARTS) is 1. The Hall–Kier alpha value is -2.22. The van der Waals surface area contributed by atoms with E-state index in [-0.39, 0.29) is 24.7 Å². The number of fused-ring (bicyclic) bond motifs is 1. The summed E-state index contributed by atoms with van der Waals surface area (Å²) in [6.45, 7) is 4.51. The van der Waals surface area contributed by atoms with E-state index in [1.54, 1.807) is 24.6 Å². The average molecular weight is 348 g/mol. The van der Waals surface area contributed by atoms with Crippen LogP contribution in [0.25, 0.3) is 10.2 Å². The molecule has 1 unspecified atom stereocenters. The number of carbonyl (C=O) groups excluding carboxylic acids is 1. The Labute approximate surface area is 143 Å². The molecule has 0 aliphatic carbocycles. The first-order valence-electron chi connectivity index (χ1n) is 7.97. The van der Waals surface area contributed by atoms with Crippen molar-refractivity contribution in [3.63, 3.8) is 0 Å². The zero-order chi connectivity index (χ0) is 17.1. The molecule has 1 N–H and O–H groups in total. The average Bonchev–Trinajstić information content (AvgIpc) is 3.02. The number of carboxylic acids is 1. The van der Waals surface area contributed by atoms with E-state index in [2.05, 4.69) is 14.9 Å². The zero-order valence-electron chi connectivity index (χ0n) is 13.5. The van der Waals surface area contributed by atoms with Crippen molar-refractivity contribution in [3.8, 4) is 0 Å². The Kier molecular flexibility index (Phi) is 4.94. The highest BCUT2D eigenvalue weighted by Gasteiger charge is 2.24. The van der Waals surface area contributed by atoms with Gasteiger partial charge in [-0.3, -0.25) is 9.59 Å². The lowest BCUT2D eigenvalue weighted by molar-refractivity contribution is -0.138. The highest BCUT2D eigenvalue weighted by molar-refractivity contribution is 7.16. The number of rotatable bonds is 5. The summed E-state index contributed by atoms with van der Waals surface area (Å²) in [4.78, 5) is 36.7. The summed E-state index contributed by atoms with van der Waals surface area (Å²) in [5, 5.41) is 11.9. The molecule has 0 radical (unpaired) electrons. The Morgan fingerprint density at radius 3 is 2.71 bits per heavy atom. The van der Waals surface area contributed by atoms with Crippen LogP contribution in [0.4, 0.5) is 5.82 Å². The molecule has 1 saturated heterocycles. The van der Waals surface area contributed by atoms with Gasteiger partial charge in [0.2, 0.25) is 5.91 Å². The molecular weight excluding hydrogens is 328 g/mol. The van der Waals surface area contributed by atoms with Crippen LogP contribution in [0.15, 0.2) is 17.8 Å². The maximum atomic E-state index is 12.3. The van der Waals surface area contributed by atoms with Gasteiger partial charge in [-0.1, -0.05) is 6.92 Å². The van der Waals surface area contributed by atoms with E-state index in [0.717, 1.165) is 29.1 Å². The summed E-state index contributed by atoms with van der Waals surface area (Å²) in [7, 11) is 0. The van der Waals surface area contributed by atoms with E-state index in [4.69, 9.17) is 5.11 Å². The van der Waals surface area contributed by atoms with Gasteiger partial charge in [0, 0.05) is 39.0 Å². The van der Waals surface area contributed by atoms with Crippen molar-refractivity contribution in [2.24, 2.45) is 5.92 Å². The Morgan fingerprint density at radius 1 is 1.25 bits per heavy atom.